The predicted octanol–water partition coefficient (Wildman–Crippen LogP) is 3.53. The second-order valence-electron chi connectivity index (χ2n) is 5.97. The first-order valence-corrected chi connectivity index (χ1v) is 8.66. The second kappa shape index (κ2) is 7.76. The van der Waals surface area contributed by atoms with Crippen LogP contribution in [0, 0.1) is 0 Å². The molecule has 0 radical (unpaired) electrons. The normalized spacial score (nSPS) is 22.5. The van der Waals surface area contributed by atoms with E-state index < -0.39 is 0 Å². The van der Waals surface area contributed by atoms with Gasteiger partial charge in [0.1, 0.15) is 0 Å². The predicted molar refractivity (Wildman–Crippen MR) is 89.4 cm³/mol. The SMILES string of the molecule is C=CCN(CC(=O)N1C(C)CCCC1C)Cc1cccs1. The number of nitrogens with zero attached hydrogens (tertiary/aromatic N) is 2. The standard InChI is InChI=1S/C17H26N2OS/c1-4-10-18(12-16-9-6-11-21-16)13-17(20)19-14(2)7-5-8-15(19)3/h4,6,9,11,14-15H,1,5,7-8,10,12-13H2,2-3H3. The number of carbonyl (C=O) groups excluding carboxylic acids is 1. The highest BCUT2D eigenvalue weighted by atomic mass is 32.1. The molecule has 4 heteroatoms. The minimum absolute atomic E-state index is 0.258. The average Bonchev–Trinajstić information content (AvgIpc) is 2.91. The van der Waals surface area contributed by atoms with E-state index in [1.54, 1.807) is 11.3 Å². The van der Waals surface area contributed by atoms with Crippen LogP contribution < -0.4 is 0 Å². The van der Waals surface area contributed by atoms with Crippen LogP contribution in [0.1, 0.15) is 38.0 Å². The van der Waals surface area contributed by atoms with E-state index in [0.717, 1.165) is 25.9 Å². The van der Waals surface area contributed by atoms with Crippen molar-refractivity contribution in [3.05, 3.63) is 35.0 Å². The van der Waals surface area contributed by atoms with Gasteiger partial charge >= 0.3 is 0 Å². The molecular formula is C17H26N2OS. The highest BCUT2D eigenvalue weighted by Crippen LogP contribution is 2.23. The van der Waals surface area contributed by atoms with Crippen molar-refractivity contribution < 1.29 is 4.79 Å². The Morgan fingerprint density at radius 1 is 1.48 bits per heavy atom. The molecule has 0 aromatic carbocycles. The van der Waals surface area contributed by atoms with Gasteiger partial charge in [0.25, 0.3) is 0 Å². The van der Waals surface area contributed by atoms with E-state index in [-0.39, 0.29) is 5.91 Å². The number of likely N-dealkylation sites (tertiary alicyclic amines) is 1. The molecule has 2 heterocycles. The third kappa shape index (κ3) is 4.42. The first-order valence-electron chi connectivity index (χ1n) is 7.78. The highest BCUT2D eigenvalue weighted by Gasteiger charge is 2.29. The Kier molecular flexibility index (Phi) is 6.00. The Bertz CT molecular complexity index is 447. The number of amides is 1. The Balaban J connectivity index is 1.98. The van der Waals surface area contributed by atoms with E-state index in [1.165, 1.54) is 11.3 Å². The summed E-state index contributed by atoms with van der Waals surface area (Å²) >= 11 is 1.74. The molecule has 0 spiro atoms. The molecule has 3 nitrogen and oxygen atoms in total. The molecule has 0 aliphatic carbocycles. The van der Waals surface area contributed by atoms with Crippen molar-refractivity contribution in [3.8, 4) is 0 Å². The summed E-state index contributed by atoms with van der Waals surface area (Å²) < 4.78 is 0. The van der Waals surface area contributed by atoms with Crippen molar-refractivity contribution in [2.75, 3.05) is 13.1 Å². The second-order valence-corrected chi connectivity index (χ2v) is 7.00. The highest BCUT2D eigenvalue weighted by molar-refractivity contribution is 7.09. The van der Waals surface area contributed by atoms with E-state index in [9.17, 15) is 4.79 Å². The van der Waals surface area contributed by atoms with Crippen LogP contribution in [-0.2, 0) is 11.3 Å². The molecule has 2 unspecified atom stereocenters. The van der Waals surface area contributed by atoms with E-state index in [2.05, 4.69) is 47.7 Å². The van der Waals surface area contributed by atoms with E-state index in [1.807, 2.05) is 6.08 Å². The summed E-state index contributed by atoms with van der Waals surface area (Å²) in [4.78, 5) is 18.2. The quantitative estimate of drug-likeness (QED) is 0.751. The summed E-state index contributed by atoms with van der Waals surface area (Å²) in [7, 11) is 0. The molecule has 1 saturated heterocycles. The lowest BCUT2D eigenvalue weighted by molar-refractivity contribution is -0.138. The first kappa shape index (κ1) is 16.2. The summed E-state index contributed by atoms with van der Waals surface area (Å²) in [6.45, 7) is 10.2. The van der Waals surface area contributed by atoms with E-state index >= 15 is 0 Å². The summed E-state index contributed by atoms with van der Waals surface area (Å²) in [5, 5.41) is 2.08. The molecule has 2 rings (SSSR count). The molecule has 1 fully saturated rings. The smallest absolute Gasteiger partial charge is 0.237 e. The Morgan fingerprint density at radius 3 is 2.76 bits per heavy atom. The van der Waals surface area contributed by atoms with Gasteiger partial charge < -0.3 is 4.90 Å². The van der Waals surface area contributed by atoms with Gasteiger partial charge in [0.2, 0.25) is 5.91 Å². The molecule has 1 aromatic rings. The third-order valence-corrected chi connectivity index (χ3v) is 5.05. The third-order valence-electron chi connectivity index (χ3n) is 4.19. The Hall–Kier alpha value is -1.13. The lowest BCUT2D eigenvalue weighted by Gasteiger charge is -2.40. The summed E-state index contributed by atoms with van der Waals surface area (Å²) in [6.07, 6.45) is 5.37. The van der Waals surface area contributed by atoms with Crippen molar-refractivity contribution in [1.82, 2.24) is 9.80 Å². The summed E-state index contributed by atoms with van der Waals surface area (Å²) in [5.74, 6) is 0.258. The molecule has 116 valence electrons. The van der Waals surface area contributed by atoms with E-state index in [0.29, 0.717) is 18.6 Å². The summed E-state index contributed by atoms with van der Waals surface area (Å²) in [5.41, 5.74) is 0. The lowest BCUT2D eigenvalue weighted by Crippen LogP contribution is -2.51. The summed E-state index contributed by atoms with van der Waals surface area (Å²) in [6, 6.07) is 4.92. The molecule has 0 N–H and O–H groups in total. The average molecular weight is 306 g/mol. The molecule has 0 bridgehead atoms. The van der Waals surface area contributed by atoms with Gasteiger partial charge in [0, 0.05) is 30.1 Å². The number of rotatable bonds is 6. The fourth-order valence-electron chi connectivity index (χ4n) is 3.18. The largest absolute Gasteiger partial charge is 0.336 e. The molecule has 2 atom stereocenters. The molecule has 1 amide bonds. The van der Waals surface area contributed by atoms with Crippen LogP contribution in [0.4, 0.5) is 0 Å². The zero-order valence-corrected chi connectivity index (χ0v) is 13.9. The minimum Gasteiger partial charge on any atom is -0.336 e. The van der Waals surface area contributed by atoms with Crippen LogP contribution in [0.25, 0.3) is 0 Å². The minimum atomic E-state index is 0.258. The maximum absolute atomic E-state index is 12.7. The molecule has 1 aliphatic heterocycles. The fourth-order valence-corrected chi connectivity index (χ4v) is 3.92. The number of carbonyl (C=O) groups is 1. The molecule has 1 aliphatic rings. The first-order chi connectivity index (χ1) is 10.1. The lowest BCUT2D eigenvalue weighted by atomic mass is 9.97. The van der Waals surface area contributed by atoms with Gasteiger partial charge in [-0.3, -0.25) is 9.69 Å². The molecule has 21 heavy (non-hydrogen) atoms. The number of thiophene rings is 1. The van der Waals surface area contributed by atoms with Crippen molar-refractivity contribution in [1.29, 1.82) is 0 Å². The van der Waals surface area contributed by atoms with Gasteiger partial charge in [-0.15, -0.1) is 17.9 Å². The molecule has 0 saturated carbocycles. The van der Waals surface area contributed by atoms with Crippen LogP contribution in [0.15, 0.2) is 30.2 Å². The van der Waals surface area contributed by atoms with Gasteiger partial charge in [-0.1, -0.05) is 12.1 Å². The van der Waals surface area contributed by atoms with Crippen LogP contribution in [0.5, 0.6) is 0 Å². The van der Waals surface area contributed by atoms with Gasteiger partial charge in [0.15, 0.2) is 0 Å². The zero-order valence-electron chi connectivity index (χ0n) is 13.1. The van der Waals surface area contributed by atoms with Gasteiger partial charge in [-0.25, -0.2) is 0 Å². The van der Waals surface area contributed by atoms with Crippen molar-refractivity contribution >= 4 is 17.2 Å². The van der Waals surface area contributed by atoms with Crippen molar-refractivity contribution in [3.63, 3.8) is 0 Å². The van der Waals surface area contributed by atoms with Gasteiger partial charge in [0.05, 0.1) is 6.54 Å². The zero-order chi connectivity index (χ0) is 15.2. The topological polar surface area (TPSA) is 23.6 Å². The van der Waals surface area contributed by atoms with E-state index in [4.69, 9.17) is 0 Å². The van der Waals surface area contributed by atoms with Crippen LogP contribution in [-0.4, -0.2) is 40.9 Å². The Morgan fingerprint density at radius 2 is 2.19 bits per heavy atom. The van der Waals surface area contributed by atoms with Gasteiger partial charge in [-0.2, -0.15) is 0 Å². The van der Waals surface area contributed by atoms with Crippen LogP contribution in [0.3, 0.4) is 0 Å². The number of piperidine rings is 1. The van der Waals surface area contributed by atoms with Crippen molar-refractivity contribution in [2.45, 2.75) is 51.7 Å². The maximum atomic E-state index is 12.7. The molecule has 1 aromatic heterocycles. The number of hydrogen-bond donors (Lipinski definition) is 0. The maximum Gasteiger partial charge on any atom is 0.237 e. The molecular weight excluding hydrogens is 280 g/mol. The number of hydrogen-bond acceptors (Lipinski definition) is 3. The van der Waals surface area contributed by atoms with Crippen LogP contribution in [0.2, 0.25) is 0 Å². The fraction of sp³-hybridized carbons (Fsp3) is 0.588. The van der Waals surface area contributed by atoms with Crippen molar-refractivity contribution in [2.24, 2.45) is 0 Å². The van der Waals surface area contributed by atoms with Crippen LogP contribution >= 0.6 is 11.3 Å². The monoisotopic (exact) mass is 306 g/mol. The van der Waals surface area contributed by atoms with Gasteiger partial charge in [-0.05, 0) is 44.6 Å². The Labute approximate surface area is 132 Å².